The zero-order valence-electron chi connectivity index (χ0n) is 7.38. The lowest BCUT2D eigenvalue weighted by molar-refractivity contribution is 0.0986. The first-order valence-corrected chi connectivity index (χ1v) is 5.02. The van der Waals surface area contributed by atoms with Crippen molar-refractivity contribution in [1.29, 1.82) is 0 Å². The Hall–Kier alpha value is -1.39. The van der Waals surface area contributed by atoms with E-state index in [9.17, 15) is 0 Å². The highest BCUT2D eigenvalue weighted by molar-refractivity contribution is 7.13. The van der Waals surface area contributed by atoms with Crippen LogP contribution in [0.15, 0.2) is 35.8 Å². The lowest BCUT2D eigenvalue weighted by atomic mass is 10.2. The van der Waals surface area contributed by atoms with Crippen LogP contribution in [0.1, 0.15) is 0 Å². The molecule has 0 unspecified atom stereocenters. The van der Waals surface area contributed by atoms with Crippen molar-refractivity contribution in [1.82, 2.24) is 4.98 Å². The Morgan fingerprint density at radius 3 is 3.07 bits per heavy atom. The molecule has 0 aliphatic heterocycles. The molecule has 72 valence electrons. The van der Waals surface area contributed by atoms with Crippen LogP contribution in [0, 0.1) is 0 Å². The molecule has 2 aromatic rings. The topological polar surface area (TPSA) is 42.4 Å². The van der Waals surface area contributed by atoms with Gasteiger partial charge in [-0.1, -0.05) is 12.1 Å². The number of ether oxygens (including phenoxy) is 1. The van der Waals surface area contributed by atoms with Crippen molar-refractivity contribution in [2.45, 2.75) is 0 Å². The molecule has 0 saturated heterocycles. The van der Waals surface area contributed by atoms with Crippen LogP contribution in [0.25, 0.3) is 10.6 Å². The molecule has 3 nitrogen and oxygen atoms in total. The molecule has 1 aromatic carbocycles. The highest BCUT2D eigenvalue weighted by Crippen LogP contribution is 2.25. The Kier molecular flexibility index (Phi) is 2.76. The van der Waals surface area contributed by atoms with Crippen LogP contribution in [0.3, 0.4) is 0 Å². The maximum Gasteiger partial charge on any atom is 0.186 e. The van der Waals surface area contributed by atoms with Gasteiger partial charge in [-0.25, -0.2) is 4.98 Å². The van der Waals surface area contributed by atoms with Gasteiger partial charge in [-0.05, 0) is 12.1 Å². The Morgan fingerprint density at radius 1 is 1.43 bits per heavy atom. The smallest absolute Gasteiger partial charge is 0.186 e. The molecule has 4 heteroatoms. The fraction of sp³-hybridized carbons (Fsp3) is 0.100. The molecule has 0 spiro atoms. The first-order valence-electron chi connectivity index (χ1n) is 4.14. The molecule has 0 saturated carbocycles. The maximum atomic E-state index is 8.61. The molecule has 0 fully saturated rings. The monoisotopic (exact) mass is 207 g/mol. The molecule has 0 aliphatic rings. The molecular weight excluding hydrogens is 198 g/mol. The van der Waals surface area contributed by atoms with E-state index in [1.54, 1.807) is 23.6 Å². The summed E-state index contributed by atoms with van der Waals surface area (Å²) in [6.45, 7) is -0.304. The number of rotatable bonds is 3. The van der Waals surface area contributed by atoms with Crippen LogP contribution in [0.4, 0.5) is 0 Å². The summed E-state index contributed by atoms with van der Waals surface area (Å²) in [6.07, 6.45) is 1.76. The second-order valence-corrected chi connectivity index (χ2v) is 3.53. The zero-order valence-corrected chi connectivity index (χ0v) is 8.20. The van der Waals surface area contributed by atoms with E-state index in [-0.39, 0.29) is 6.79 Å². The lowest BCUT2D eigenvalue weighted by Crippen LogP contribution is -1.94. The summed E-state index contributed by atoms with van der Waals surface area (Å²) in [7, 11) is 0. The number of hydrogen-bond donors (Lipinski definition) is 1. The summed E-state index contributed by atoms with van der Waals surface area (Å²) < 4.78 is 4.98. The van der Waals surface area contributed by atoms with E-state index < -0.39 is 0 Å². The van der Waals surface area contributed by atoms with Gasteiger partial charge in [0, 0.05) is 17.1 Å². The van der Waals surface area contributed by atoms with Crippen LogP contribution in [0.5, 0.6) is 5.75 Å². The van der Waals surface area contributed by atoms with Crippen molar-refractivity contribution in [3.8, 4) is 16.3 Å². The SMILES string of the molecule is OCOc1cccc(-c2nccs2)c1. The highest BCUT2D eigenvalue weighted by atomic mass is 32.1. The van der Waals surface area contributed by atoms with Gasteiger partial charge in [0.15, 0.2) is 6.79 Å². The van der Waals surface area contributed by atoms with E-state index in [0.29, 0.717) is 5.75 Å². The normalized spacial score (nSPS) is 10.1. The average molecular weight is 207 g/mol. The number of nitrogens with zero attached hydrogens (tertiary/aromatic N) is 1. The van der Waals surface area contributed by atoms with Crippen molar-refractivity contribution in [2.24, 2.45) is 0 Å². The van der Waals surface area contributed by atoms with Crippen LogP contribution in [-0.2, 0) is 0 Å². The highest BCUT2D eigenvalue weighted by Gasteiger charge is 2.01. The van der Waals surface area contributed by atoms with Crippen LogP contribution in [-0.4, -0.2) is 16.9 Å². The maximum absolute atomic E-state index is 8.61. The number of benzene rings is 1. The summed E-state index contributed by atoms with van der Waals surface area (Å²) in [6, 6.07) is 7.49. The van der Waals surface area contributed by atoms with Crippen LogP contribution < -0.4 is 4.74 Å². The van der Waals surface area contributed by atoms with E-state index in [0.717, 1.165) is 10.6 Å². The van der Waals surface area contributed by atoms with Crippen LogP contribution in [0.2, 0.25) is 0 Å². The summed E-state index contributed by atoms with van der Waals surface area (Å²) in [5.41, 5.74) is 1.01. The van der Waals surface area contributed by atoms with Crippen LogP contribution >= 0.6 is 11.3 Å². The van der Waals surface area contributed by atoms with E-state index in [1.807, 2.05) is 23.6 Å². The third kappa shape index (κ3) is 1.92. The number of thiazole rings is 1. The van der Waals surface area contributed by atoms with Crippen molar-refractivity contribution in [3.63, 3.8) is 0 Å². The molecule has 0 aliphatic carbocycles. The van der Waals surface area contributed by atoms with Gasteiger partial charge in [-0.3, -0.25) is 0 Å². The minimum atomic E-state index is -0.304. The average Bonchev–Trinajstić information content (AvgIpc) is 2.71. The standard InChI is InChI=1S/C10H9NO2S/c12-7-13-9-3-1-2-8(6-9)10-11-4-5-14-10/h1-6,12H,7H2. The number of aliphatic hydroxyl groups excluding tert-OH is 1. The Balaban J connectivity index is 2.31. The molecule has 14 heavy (non-hydrogen) atoms. The largest absolute Gasteiger partial charge is 0.468 e. The van der Waals surface area contributed by atoms with Crippen molar-refractivity contribution < 1.29 is 9.84 Å². The summed E-state index contributed by atoms with van der Waals surface area (Å²) in [4.78, 5) is 4.19. The van der Waals surface area contributed by atoms with Gasteiger partial charge < -0.3 is 9.84 Å². The first kappa shape index (κ1) is 9.18. The van der Waals surface area contributed by atoms with Gasteiger partial charge in [-0.2, -0.15) is 0 Å². The summed E-state index contributed by atoms with van der Waals surface area (Å²) >= 11 is 1.57. The van der Waals surface area contributed by atoms with E-state index >= 15 is 0 Å². The molecule has 2 rings (SSSR count). The molecule has 0 bridgehead atoms. The lowest BCUT2D eigenvalue weighted by Gasteiger charge is -2.02. The minimum absolute atomic E-state index is 0.304. The van der Waals surface area contributed by atoms with E-state index in [2.05, 4.69) is 4.98 Å². The molecular formula is C10H9NO2S. The van der Waals surface area contributed by atoms with Crippen molar-refractivity contribution in [3.05, 3.63) is 35.8 Å². The second-order valence-electron chi connectivity index (χ2n) is 2.64. The predicted molar refractivity (Wildman–Crippen MR) is 55.3 cm³/mol. The fourth-order valence-electron chi connectivity index (χ4n) is 1.16. The minimum Gasteiger partial charge on any atom is -0.468 e. The summed E-state index contributed by atoms with van der Waals surface area (Å²) in [5, 5.41) is 11.5. The van der Waals surface area contributed by atoms with Crippen molar-refractivity contribution in [2.75, 3.05) is 6.79 Å². The van der Waals surface area contributed by atoms with Gasteiger partial charge in [0.05, 0.1) is 0 Å². The molecule has 0 amide bonds. The second kappa shape index (κ2) is 4.21. The summed E-state index contributed by atoms with van der Waals surface area (Å²) in [5.74, 6) is 0.653. The number of aromatic nitrogens is 1. The Bertz CT molecular complexity index is 400. The molecule has 0 atom stereocenters. The molecule has 1 heterocycles. The van der Waals surface area contributed by atoms with Gasteiger partial charge in [0.1, 0.15) is 10.8 Å². The third-order valence-electron chi connectivity index (χ3n) is 1.74. The first-order chi connectivity index (χ1) is 6.90. The van der Waals surface area contributed by atoms with Crippen molar-refractivity contribution >= 4 is 11.3 Å². The van der Waals surface area contributed by atoms with Gasteiger partial charge in [0.25, 0.3) is 0 Å². The molecule has 1 N–H and O–H groups in total. The molecule has 0 radical (unpaired) electrons. The number of hydrogen-bond acceptors (Lipinski definition) is 4. The van der Waals surface area contributed by atoms with Gasteiger partial charge in [-0.15, -0.1) is 11.3 Å². The van der Waals surface area contributed by atoms with E-state index in [1.165, 1.54) is 0 Å². The number of aliphatic hydroxyl groups is 1. The quantitative estimate of drug-likeness (QED) is 0.784. The van der Waals surface area contributed by atoms with Gasteiger partial charge in [0.2, 0.25) is 0 Å². The molecule has 1 aromatic heterocycles. The third-order valence-corrected chi connectivity index (χ3v) is 2.57. The Labute approximate surface area is 85.6 Å². The Morgan fingerprint density at radius 2 is 2.36 bits per heavy atom. The van der Waals surface area contributed by atoms with Gasteiger partial charge >= 0.3 is 0 Å². The predicted octanol–water partition coefficient (Wildman–Crippen LogP) is 2.14. The fourth-order valence-corrected chi connectivity index (χ4v) is 1.79. The van der Waals surface area contributed by atoms with E-state index in [4.69, 9.17) is 9.84 Å². The zero-order chi connectivity index (χ0) is 9.80.